The Balaban J connectivity index is 2.17. The van der Waals surface area contributed by atoms with Crippen molar-refractivity contribution in [2.24, 2.45) is 12.8 Å². The minimum atomic E-state index is -0.254. The smallest absolute Gasteiger partial charge is 0.176 e. The fourth-order valence-corrected chi connectivity index (χ4v) is 1.77. The topological polar surface area (TPSA) is 69.6 Å². The van der Waals surface area contributed by atoms with Gasteiger partial charge in [-0.3, -0.25) is 0 Å². The van der Waals surface area contributed by atoms with Crippen molar-refractivity contribution in [3.8, 4) is 0 Å². The summed E-state index contributed by atoms with van der Waals surface area (Å²) >= 11 is 0. The molecule has 1 heterocycles. The van der Waals surface area contributed by atoms with E-state index in [4.69, 9.17) is 5.73 Å². The van der Waals surface area contributed by atoms with Gasteiger partial charge in [0.2, 0.25) is 0 Å². The third-order valence-corrected chi connectivity index (χ3v) is 2.58. The van der Waals surface area contributed by atoms with E-state index in [2.05, 4.69) is 15.4 Å². The zero-order valence-corrected chi connectivity index (χ0v) is 9.76. The van der Waals surface area contributed by atoms with Gasteiger partial charge in [0.05, 0.1) is 7.05 Å². The molecule has 0 spiro atoms. The van der Waals surface area contributed by atoms with Gasteiger partial charge in [-0.25, -0.2) is 4.39 Å². The van der Waals surface area contributed by atoms with Crippen LogP contribution >= 0.6 is 0 Å². The minimum absolute atomic E-state index is 0.250. The Morgan fingerprint density at radius 1 is 1.47 bits per heavy atom. The molecule has 0 aliphatic heterocycles. The summed E-state index contributed by atoms with van der Waals surface area (Å²) in [6.07, 6.45) is 0.486. The quantitative estimate of drug-likeness (QED) is 0.858. The maximum atomic E-state index is 13.0. The predicted octanol–water partition coefficient (Wildman–Crippen LogP) is 0.900. The van der Waals surface area contributed by atoms with Crippen molar-refractivity contribution in [3.63, 3.8) is 0 Å². The van der Waals surface area contributed by atoms with Crippen LogP contribution in [0.2, 0.25) is 0 Å². The lowest BCUT2D eigenvalue weighted by atomic mass is 9.99. The summed E-state index contributed by atoms with van der Waals surface area (Å²) in [5.74, 6) is 0.333. The van der Waals surface area contributed by atoms with Crippen molar-refractivity contribution in [3.05, 3.63) is 41.0 Å². The zero-order valence-electron chi connectivity index (χ0n) is 9.76. The Bertz CT molecular complexity index is 522. The highest BCUT2D eigenvalue weighted by atomic mass is 19.1. The van der Waals surface area contributed by atoms with Crippen LogP contribution in [0.4, 0.5) is 4.39 Å². The highest BCUT2D eigenvalue weighted by Crippen LogP contribution is 2.19. The lowest BCUT2D eigenvalue weighted by molar-refractivity contribution is 0.616. The van der Waals surface area contributed by atoms with Crippen LogP contribution in [-0.4, -0.2) is 20.2 Å². The first kappa shape index (κ1) is 11.7. The molecule has 1 aromatic carbocycles. The van der Waals surface area contributed by atoms with E-state index in [-0.39, 0.29) is 11.9 Å². The first-order valence-corrected chi connectivity index (χ1v) is 5.31. The monoisotopic (exact) mass is 235 g/mol. The number of tetrazole rings is 1. The Labute approximate surface area is 98.4 Å². The van der Waals surface area contributed by atoms with Crippen molar-refractivity contribution in [1.29, 1.82) is 0 Å². The Hall–Kier alpha value is -1.82. The van der Waals surface area contributed by atoms with E-state index in [0.29, 0.717) is 12.2 Å². The molecule has 0 bridgehead atoms. The van der Waals surface area contributed by atoms with Crippen molar-refractivity contribution in [2.75, 3.05) is 0 Å². The average Bonchev–Trinajstić information content (AvgIpc) is 2.63. The maximum Gasteiger partial charge on any atom is 0.176 e. The summed E-state index contributed by atoms with van der Waals surface area (Å²) in [4.78, 5) is 1.39. The van der Waals surface area contributed by atoms with Crippen LogP contribution in [0.5, 0.6) is 0 Å². The first-order valence-electron chi connectivity index (χ1n) is 5.31. The molecule has 0 fully saturated rings. The van der Waals surface area contributed by atoms with Gasteiger partial charge in [0.25, 0.3) is 0 Å². The number of halogens is 1. The minimum Gasteiger partial charge on any atom is -0.324 e. The molecular weight excluding hydrogens is 221 g/mol. The second-order valence-corrected chi connectivity index (χ2v) is 4.01. The van der Waals surface area contributed by atoms with Gasteiger partial charge in [-0.1, -0.05) is 6.07 Å². The van der Waals surface area contributed by atoms with Gasteiger partial charge in [-0.15, -0.1) is 10.2 Å². The number of aryl methyl sites for hydroxylation is 2. The van der Waals surface area contributed by atoms with Gasteiger partial charge >= 0.3 is 0 Å². The van der Waals surface area contributed by atoms with Crippen LogP contribution in [0.3, 0.4) is 0 Å². The van der Waals surface area contributed by atoms with Gasteiger partial charge in [0, 0.05) is 12.5 Å². The number of benzene rings is 1. The van der Waals surface area contributed by atoms with E-state index in [9.17, 15) is 4.39 Å². The number of rotatable bonds is 3. The van der Waals surface area contributed by atoms with Crippen molar-refractivity contribution < 1.29 is 4.39 Å². The van der Waals surface area contributed by atoms with E-state index >= 15 is 0 Å². The van der Waals surface area contributed by atoms with Crippen LogP contribution in [0.15, 0.2) is 18.2 Å². The molecule has 1 atom stereocenters. The summed E-state index contributed by atoms with van der Waals surface area (Å²) in [5, 5.41) is 11.7. The highest BCUT2D eigenvalue weighted by Gasteiger charge is 2.13. The Kier molecular flexibility index (Phi) is 3.14. The molecule has 0 amide bonds. The molecule has 0 radical (unpaired) electrons. The first-order chi connectivity index (χ1) is 8.06. The van der Waals surface area contributed by atoms with Gasteiger partial charge in [-0.2, -0.15) is 4.80 Å². The lowest BCUT2D eigenvalue weighted by Crippen LogP contribution is -2.15. The van der Waals surface area contributed by atoms with E-state index in [0.717, 1.165) is 11.1 Å². The molecule has 2 N–H and O–H groups in total. The van der Waals surface area contributed by atoms with Crippen LogP contribution in [0, 0.1) is 12.7 Å². The molecule has 2 aromatic rings. The molecule has 0 saturated carbocycles. The molecule has 1 unspecified atom stereocenters. The van der Waals surface area contributed by atoms with Crippen LogP contribution in [0.1, 0.15) is 23.0 Å². The number of aromatic nitrogens is 4. The van der Waals surface area contributed by atoms with Crippen molar-refractivity contribution >= 4 is 0 Å². The SMILES string of the molecule is Cc1cc(F)ccc1C(N)Cc1nnn(C)n1. The molecule has 90 valence electrons. The molecule has 0 aliphatic carbocycles. The maximum absolute atomic E-state index is 13.0. The Morgan fingerprint density at radius 3 is 2.82 bits per heavy atom. The van der Waals surface area contributed by atoms with Crippen LogP contribution in [-0.2, 0) is 13.5 Å². The van der Waals surface area contributed by atoms with E-state index in [1.54, 1.807) is 13.1 Å². The molecule has 1 aromatic heterocycles. The van der Waals surface area contributed by atoms with Gasteiger partial charge in [0.15, 0.2) is 5.82 Å². The summed E-state index contributed by atoms with van der Waals surface area (Å²) < 4.78 is 13.0. The molecule has 5 nitrogen and oxygen atoms in total. The van der Waals surface area contributed by atoms with Crippen molar-refractivity contribution in [1.82, 2.24) is 20.2 Å². The van der Waals surface area contributed by atoms with E-state index in [1.165, 1.54) is 16.9 Å². The molecule has 0 aliphatic rings. The van der Waals surface area contributed by atoms with Crippen LogP contribution < -0.4 is 5.73 Å². The average molecular weight is 235 g/mol. The summed E-state index contributed by atoms with van der Waals surface area (Å²) in [6, 6.07) is 4.33. The second-order valence-electron chi connectivity index (χ2n) is 4.01. The molecule has 17 heavy (non-hydrogen) atoms. The number of hydrogen-bond acceptors (Lipinski definition) is 4. The second kappa shape index (κ2) is 4.58. The lowest BCUT2D eigenvalue weighted by Gasteiger charge is -2.12. The van der Waals surface area contributed by atoms with Crippen molar-refractivity contribution in [2.45, 2.75) is 19.4 Å². The summed E-state index contributed by atoms with van der Waals surface area (Å²) in [6.45, 7) is 1.84. The normalized spacial score (nSPS) is 12.7. The Morgan fingerprint density at radius 2 is 2.24 bits per heavy atom. The zero-order chi connectivity index (χ0) is 12.4. The molecular formula is C11H14FN5. The predicted molar refractivity (Wildman–Crippen MR) is 60.6 cm³/mol. The molecule has 6 heteroatoms. The third kappa shape index (κ3) is 2.65. The third-order valence-electron chi connectivity index (χ3n) is 2.58. The highest BCUT2D eigenvalue weighted by molar-refractivity contribution is 5.29. The van der Waals surface area contributed by atoms with E-state index in [1.807, 2.05) is 6.92 Å². The molecule has 2 rings (SSSR count). The van der Waals surface area contributed by atoms with E-state index < -0.39 is 0 Å². The standard InChI is InChI=1S/C11H14FN5/c1-7-5-8(12)3-4-9(7)10(13)6-11-14-16-17(2)15-11/h3-5,10H,6,13H2,1-2H3. The largest absolute Gasteiger partial charge is 0.324 e. The number of nitrogens with two attached hydrogens (primary N) is 1. The van der Waals surface area contributed by atoms with Gasteiger partial charge in [0.1, 0.15) is 5.82 Å². The fraction of sp³-hybridized carbons (Fsp3) is 0.364. The number of nitrogens with zero attached hydrogens (tertiary/aromatic N) is 4. The van der Waals surface area contributed by atoms with Crippen LogP contribution in [0.25, 0.3) is 0 Å². The van der Waals surface area contributed by atoms with Gasteiger partial charge < -0.3 is 5.73 Å². The summed E-state index contributed by atoms with van der Waals surface area (Å²) in [7, 11) is 1.70. The fourth-order valence-electron chi connectivity index (χ4n) is 1.77. The van der Waals surface area contributed by atoms with Gasteiger partial charge in [-0.05, 0) is 35.4 Å². The summed E-state index contributed by atoms with van der Waals surface area (Å²) in [5.41, 5.74) is 7.78. The number of hydrogen-bond donors (Lipinski definition) is 1. The molecule has 0 saturated heterocycles.